The molecule has 0 aliphatic carbocycles. The molecule has 0 aliphatic heterocycles. The van der Waals surface area contributed by atoms with Crippen LogP contribution in [0.25, 0.3) is 0 Å². The van der Waals surface area contributed by atoms with Crippen LogP contribution in [0.3, 0.4) is 0 Å². The van der Waals surface area contributed by atoms with E-state index in [0.29, 0.717) is 6.04 Å². The predicted molar refractivity (Wildman–Crippen MR) is 80.9 cm³/mol. The first-order chi connectivity index (χ1) is 9.74. The van der Waals surface area contributed by atoms with E-state index in [0.717, 1.165) is 25.3 Å². The van der Waals surface area contributed by atoms with E-state index in [4.69, 9.17) is 4.74 Å². The average molecular weight is 273 g/mol. The molecule has 1 heterocycles. The molecular weight excluding hydrogens is 250 g/mol. The summed E-state index contributed by atoms with van der Waals surface area (Å²) in [5.41, 5.74) is 2.46. The van der Waals surface area contributed by atoms with E-state index in [1.807, 2.05) is 23.0 Å². The van der Waals surface area contributed by atoms with Gasteiger partial charge in [0.1, 0.15) is 5.75 Å². The molecule has 108 valence electrons. The van der Waals surface area contributed by atoms with Crippen LogP contribution < -0.4 is 10.1 Å². The van der Waals surface area contributed by atoms with Gasteiger partial charge in [-0.3, -0.25) is 4.68 Å². The van der Waals surface area contributed by atoms with Gasteiger partial charge in [0.2, 0.25) is 0 Å². The standard InChI is InChI=1S/C16H23N3O/c1-4-19-15(9-10-18-19)12-17-13(2)11-14-7-5-6-8-16(14)20-3/h5-10,13,17H,4,11-12H2,1-3H3. The third kappa shape index (κ3) is 3.61. The number of hydrogen-bond acceptors (Lipinski definition) is 3. The lowest BCUT2D eigenvalue weighted by atomic mass is 10.1. The van der Waals surface area contributed by atoms with Gasteiger partial charge in [0.05, 0.1) is 12.8 Å². The molecule has 0 fully saturated rings. The fourth-order valence-electron chi connectivity index (χ4n) is 2.35. The van der Waals surface area contributed by atoms with Crippen LogP contribution in [0.4, 0.5) is 0 Å². The van der Waals surface area contributed by atoms with Crippen LogP contribution >= 0.6 is 0 Å². The van der Waals surface area contributed by atoms with Gasteiger partial charge in [0.25, 0.3) is 0 Å². The molecule has 4 nitrogen and oxygen atoms in total. The second-order valence-electron chi connectivity index (χ2n) is 4.94. The largest absolute Gasteiger partial charge is 0.496 e. The maximum Gasteiger partial charge on any atom is 0.122 e. The minimum absolute atomic E-state index is 0.381. The summed E-state index contributed by atoms with van der Waals surface area (Å²) in [4.78, 5) is 0. The molecule has 0 amide bonds. The van der Waals surface area contributed by atoms with Gasteiger partial charge in [0, 0.05) is 25.3 Å². The molecule has 0 spiro atoms. The summed E-state index contributed by atoms with van der Waals surface area (Å²) >= 11 is 0. The fraction of sp³-hybridized carbons (Fsp3) is 0.438. The van der Waals surface area contributed by atoms with E-state index >= 15 is 0 Å². The Labute approximate surface area is 120 Å². The van der Waals surface area contributed by atoms with Gasteiger partial charge in [-0.1, -0.05) is 18.2 Å². The van der Waals surface area contributed by atoms with Crippen LogP contribution in [0.15, 0.2) is 36.5 Å². The van der Waals surface area contributed by atoms with Crippen molar-refractivity contribution < 1.29 is 4.74 Å². The van der Waals surface area contributed by atoms with Gasteiger partial charge in [-0.05, 0) is 38.0 Å². The summed E-state index contributed by atoms with van der Waals surface area (Å²) in [7, 11) is 1.72. The van der Waals surface area contributed by atoms with E-state index in [9.17, 15) is 0 Å². The van der Waals surface area contributed by atoms with Crippen LogP contribution in [-0.2, 0) is 19.5 Å². The fourth-order valence-corrected chi connectivity index (χ4v) is 2.35. The second-order valence-corrected chi connectivity index (χ2v) is 4.94. The number of benzene rings is 1. The molecule has 1 aromatic heterocycles. The first-order valence-corrected chi connectivity index (χ1v) is 7.10. The lowest BCUT2D eigenvalue weighted by Crippen LogP contribution is -2.28. The molecule has 4 heteroatoms. The third-order valence-electron chi connectivity index (χ3n) is 3.45. The average Bonchev–Trinajstić information content (AvgIpc) is 2.93. The van der Waals surface area contributed by atoms with Crippen LogP contribution in [-0.4, -0.2) is 22.9 Å². The molecule has 2 rings (SSSR count). The Morgan fingerprint density at radius 2 is 2.10 bits per heavy atom. The Kier molecular flexibility index (Phi) is 5.18. The lowest BCUT2D eigenvalue weighted by Gasteiger charge is -2.16. The molecule has 2 aromatic rings. The normalized spacial score (nSPS) is 12.3. The van der Waals surface area contributed by atoms with Gasteiger partial charge < -0.3 is 10.1 Å². The predicted octanol–water partition coefficient (Wildman–Crippen LogP) is 2.63. The van der Waals surface area contributed by atoms with Crippen LogP contribution in [0.1, 0.15) is 25.1 Å². The monoisotopic (exact) mass is 273 g/mol. The van der Waals surface area contributed by atoms with Crippen molar-refractivity contribution in [2.75, 3.05) is 7.11 Å². The number of rotatable bonds is 7. The molecule has 0 saturated carbocycles. The summed E-state index contributed by atoms with van der Waals surface area (Å²) in [6, 6.07) is 10.6. The van der Waals surface area contributed by atoms with Crippen LogP contribution in [0.2, 0.25) is 0 Å². The zero-order valence-corrected chi connectivity index (χ0v) is 12.5. The van der Waals surface area contributed by atoms with E-state index in [1.54, 1.807) is 7.11 Å². The Balaban J connectivity index is 1.91. The molecule has 1 atom stereocenters. The van der Waals surface area contributed by atoms with Gasteiger partial charge in [-0.15, -0.1) is 0 Å². The second kappa shape index (κ2) is 7.10. The van der Waals surface area contributed by atoms with Crippen molar-refractivity contribution in [1.29, 1.82) is 0 Å². The van der Waals surface area contributed by atoms with Gasteiger partial charge in [0.15, 0.2) is 0 Å². The summed E-state index contributed by atoms with van der Waals surface area (Å²) < 4.78 is 7.41. The number of nitrogens with one attached hydrogen (secondary N) is 1. The number of para-hydroxylation sites is 1. The molecular formula is C16H23N3O. The van der Waals surface area contributed by atoms with E-state index in [-0.39, 0.29) is 0 Å². The third-order valence-corrected chi connectivity index (χ3v) is 3.45. The van der Waals surface area contributed by atoms with E-state index in [1.165, 1.54) is 11.3 Å². The quantitative estimate of drug-likeness (QED) is 0.843. The number of methoxy groups -OCH3 is 1. The van der Waals surface area contributed by atoms with E-state index < -0.39 is 0 Å². The summed E-state index contributed by atoms with van der Waals surface area (Å²) in [5.74, 6) is 0.958. The van der Waals surface area contributed by atoms with Crippen molar-refractivity contribution in [2.24, 2.45) is 0 Å². The zero-order chi connectivity index (χ0) is 14.4. The van der Waals surface area contributed by atoms with Crippen molar-refractivity contribution in [2.45, 2.75) is 39.4 Å². The van der Waals surface area contributed by atoms with Crippen molar-refractivity contribution in [3.63, 3.8) is 0 Å². The van der Waals surface area contributed by atoms with Crippen molar-refractivity contribution >= 4 is 0 Å². The molecule has 20 heavy (non-hydrogen) atoms. The molecule has 0 radical (unpaired) electrons. The first-order valence-electron chi connectivity index (χ1n) is 7.10. The molecule has 0 aliphatic rings. The van der Waals surface area contributed by atoms with Crippen molar-refractivity contribution in [3.05, 3.63) is 47.8 Å². The molecule has 1 unspecified atom stereocenters. The topological polar surface area (TPSA) is 39.1 Å². The Hall–Kier alpha value is -1.81. The highest BCUT2D eigenvalue weighted by Crippen LogP contribution is 2.18. The van der Waals surface area contributed by atoms with E-state index in [2.05, 4.69) is 42.5 Å². The number of nitrogens with zero attached hydrogens (tertiary/aromatic N) is 2. The SMILES string of the molecule is CCn1nccc1CNC(C)Cc1ccccc1OC. The van der Waals surface area contributed by atoms with Crippen molar-refractivity contribution in [3.8, 4) is 5.75 Å². The minimum Gasteiger partial charge on any atom is -0.496 e. The molecule has 0 saturated heterocycles. The number of aryl methyl sites for hydroxylation is 1. The van der Waals surface area contributed by atoms with Gasteiger partial charge >= 0.3 is 0 Å². The highest BCUT2D eigenvalue weighted by atomic mass is 16.5. The smallest absolute Gasteiger partial charge is 0.122 e. The molecule has 1 N–H and O–H groups in total. The molecule has 1 aromatic carbocycles. The maximum absolute atomic E-state index is 5.39. The van der Waals surface area contributed by atoms with Crippen LogP contribution in [0, 0.1) is 0 Å². The number of aromatic nitrogens is 2. The number of hydrogen-bond donors (Lipinski definition) is 1. The summed E-state index contributed by atoms with van der Waals surface area (Å²) in [5, 5.41) is 7.82. The van der Waals surface area contributed by atoms with Gasteiger partial charge in [-0.25, -0.2) is 0 Å². The summed E-state index contributed by atoms with van der Waals surface area (Å²) in [6.45, 7) is 6.04. The Morgan fingerprint density at radius 1 is 1.30 bits per heavy atom. The van der Waals surface area contributed by atoms with Gasteiger partial charge in [-0.2, -0.15) is 5.10 Å². The first kappa shape index (κ1) is 14.6. The highest BCUT2D eigenvalue weighted by Gasteiger charge is 2.08. The van der Waals surface area contributed by atoms with Crippen LogP contribution in [0.5, 0.6) is 5.75 Å². The summed E-state index contributed by atoms with van der Waals surface area (Å²) in [6.07, 6.45) is 2.80. The maximum atomic E-state index is 5.39. The minimum atomic E-state index is 0.381. The highest BCUT2D eigenvalue weighted by molar-refractivity contribution is 5.33. The lowest BCUT2D eigenvalue weighted by molar-refractivity contribution is 0.405. The Bertz CT molecular complexity index is 536. The zero-order valence-electron chi connectivity index (χ0n) is 12.5. The number of ether oxygens (including phenoxy) is 1. The molecule has 0 bridgehead atoms. The van der Waals surface area contributed by atoms with Crippen molar-refractivity contribution in [1.82, 2.24) is 15.1 Å². The Morgan fingerprint density at radius 3 is 2.85 bits per heavy atom.